The van der Waals surface area contributed by atoms with Crippen LogP contribution in [0.2, 0.25) is 10.0 Å². The molecule has 3 nitrogen and oxygen atoms in total. The highest BCUT2D eigenvalue weighted by atomic mass is 35.5. The minimum absolute atomic E-state index is 0.492. The summed E-state index contributed by atoms with van der Waals surface area (Å²) in [5, 5.41) is 10.0. The third-order valence-corrected chi connectivity index (χ3v) is 3.10. The molecule has 2 rings (SSSR count). The number of hydrogen-bond acceptors (Lipinski definition) is 3. The summed E-state index contributed by atoms with van der Waals surface area (Å²) in [5.41, 5.74) is 2.50. The summed E-state index contributed by atoms with van der Waals surface area (Å²) in [4.78, 5) is 8.61. The highest BCUT2D eigenvalue weighted by Crippen LogP contribution is 2.28. The normalized spacial score (nSPS) is 10.2. The van der Waals surface area contributed by atoms with Crippen LogP contribution in [0.1, 0.15) is 17.0 Å². The fourth-order valence-electron chi connectivity index (χ4n) is 1.67. The van der Waals surface area contributed by atoms with Gasteiger partial charge in [0.05, 0.1) is 22.0 Å². The van der Waals surface area contributed by atoms with Gasteiger partial charge in [-0.3, -0.25) is 0 Å². The summed E-state index contributed by atoms with van der Waals surface area (Å²) in [6.45, 7) is 3.56. The molecule has 90 valence electrons. The van der Waals surface area contributed by atoms with Gasteiger partial charge in [-0.2, -0.15) is 5.26 Å². The van der Waals surface area contributed by atoms with E-state index in [1.165, 1.54) is 0 Å². The molecule has 0 N–H and O–H groups in total. The van der Waals surface area contributed by atoms with E-state index in [0.29, 0.717) is 38.4 Å². The number of benzene rings is 1. The second-order valence-electron chi connectivity index (χ2n) is 3.83. The first kappa shape index (κ1) is 12.8. The van der Waals surface area contributed by atoms with Crippen molar-refractivity contribution in [2.75, 3.05) is 0 Å². The van der Waals surface area contributed by atoms with Gasteiger partial charge in [0.2, 0.25) is 0 Å². The molecular weight excluding hydrogens is 269 g/mol. The van der Waals surface area contributed by atoms with Crippen molar-refractivity contribution in [1.82, 2.24) is 9.97 Å². The van der Waals surface area contributed by atoms with Crippen molar-refractivity contribution in [3.05, 3.63) is 45.2 Å². The van der Waals surface area contributed by atoms with Crippen molar-refractivity contribution >= 4 is 23.2 Å². The van der Waals surface area contributed by atoms with E-state index in [4.69, 9.17) is 28.5 Å². The number of nitrogens with zero attached hydrogens (tertiary/aromatic N) is 3. The third kappa shape index (κ3) is 2.31. The molecule has 0 amide bonds. The Bertz CT molecular complexity index is 637. The van der Waals surface area contributed by atoms with Crippen LogP contribution < -0.4 is 0 Å². The van der Waals surface area contributed by atoms with Crippen LogP contribution in [0, 0.1) is 25.2 Å². The topological polar surface area (TPSA) is 49.6 Å². The van der Waals surface area contributed by atoms with Crippen LogP contribution in [0.25, 0.3) is 11.4 Å². The zero-order valence-electron chi connectivity index (χ0n) is 9.83. The monoisotopic (exact) mass is 277 g/mol. The van der Waals surface area contributed by atoms with Gasteiger partial charge >= 0.3 is 0 Å². The van der Waals surface area contributed by atoms with Gasteiger partial charge in [0.15, 0.2) is 5.82 Å². The number of rotatable bonds is 1. The molecule has 0 unspecified atom stereocenters. The van der Waals surface area contributed by atoms with Crippen LogP contribution >= 0.6 is 23.2 Å². The molecule has 0 spiro atoms. The fourth-order valence-corrected chi connectivity index (χ4v) is 2.16. The van der Waals surface area contributed by atoms with E-state index in [1.54, 1.807) is 32.0 Å². The van der Waals surface area contributed by atoms with E-state index in [-0.39, 0.29) is 0 Å². The summed E-state index contributed by atoms with van der Waals surface area (Å²) >= 11 is 12.0. The van der Waals surface area contributed by atoms with Gasteiger partial charge in [-0.1, -0.05) is 23.2 Å². The minimum Gasteiger partial charge on any atom is -0.232 e. The fraction of sp³-hybridized carbons (Fsp3) is 0.154. The molecule has 0 bridgehead atoms. The lowest BCUT2D eigenvalue weighted by Crippen LogP contribution is -2.00. The Morgan fingerprint density at radius 1 is 1.11 bits per heavy atom. The molecule has 0 fully saturated rings. The molecular formula is C13H9Cl2N3. The zero-order chi connectivity index (χ0) is 13.3. The predicted molar refractivity (Wildman–Crippen MR) is 71.7 cm³/mol. The van der Waals surface area contributed by atoms with E-state index in [0.717, 1.165) is 0 Å². The van der Waals surface area contributed by atoms with E-state index in [1.807, 2.05) is 0 Å². The van der Waals surface area contributed by atoms with Gasteiger partial charge in [0, 0.05) is 10.6 Å². The summed E-state index contributed by atoms with van der Waals surface area (Å²) in [7, 11) is 0. The minimum atomic E-state index is 0.492. The predicted octanol–water partition coefficient (Wildman–Crippen LogP) is 3.94. The van der Waals surface area contributed by atoms with Crippen LogP contribution in [-0.2, 0) is 0 Å². The number of hydrogen-bond donors (Lipinski definition) is 0. The zero-order valence-corrected chi connectivity index (χ0v) is 11.3. The van der Waals surface area contributed by atoms with Gasteiger partial charge < -0.3 is 0 Å². The third-order valence-electron chi connectivity index (χ3n) is 2.55. The Balaban J connectivity index is 2.63. The van der Waals surface area contributed by atoms with Crippen molar-refractivity contribution in [3.63, 3.8) is 0 Å². The summed E-state index contributed by atoms with van der Waals surface area (Å²) in [6.07, 6.45) is 0. The molecule has 1 heterocycles. The average Bonchev–Trinajstić information content (AvgIpc) is 2.28. The molecule has 1 aromatic heterocycles. The van der Waals surface area contributed by atoms with Gasteiger partial charge in [0.25, 0.3) is 0 Å². The molecule has 0 saturated carbocycles. The van der Waals surface area contributed by atoms with Crippen molar-refractivity contribution in [3.8, 4) is 17.5 Å². The van der Waals surface area contributed by atoms with Crippen LogP contribution in [0.5, 0.6) is 0 Å². The van der Waals surface area contributed by atoms with Crippen LogP contribution in [0.15, 0.2) is 18.2 Å². The molecule has 0 atom stereocenters. The smallest absolute Gasteiger partial charge is 0.161 e. The van der Waals surface area contributed by atoms with Gasteiger partial charge in [0.1, 0.15) is 6.07 Å². The highest BCUT2D eigenvalue weighted by molar-refractivity contribution is 6.36. The lowest BCUT2D eigenvalue weighted by Gasteiger charge is -2.07. The number of halogens is 2. The van der Waals surface area contributed by atoms with Crippen LogP contribution in [0.4, 0.5) is 0 Å². The maximum Gasteiger partial charge on any atom is 0.161 e. The summed E-state index contributed by atoms with van der Waals surface area (Å²) in [5.74, 6) is 0.505. The molecule has 0 aliphatic heterocycles. The average molecular weight is 278 g/mol. The Kier molecular flexibility index (Phi) is 3.51. The molecule has 18 heavy (non-hydrogen) atoms. The van der Waals surface area contributed by atoms with Crippen molar-refractivity contribution < 1.29 is 0 Å². The van der Waals surface area contributed by atoms with Crippen LogP contribution in [-0.4, -0.2) is 9.97 Å². The maximum atomic E-state index is 8.98. The first-order valence-corrected chi connectivity index (χ1v) is 5.99. The molecule has 1 aromatic carbocycles. The Hall–Kier alpha value is -1.63. The first-order valence-electron chi connectivity index (χ1n) is 5.23. The Morgan fingerprint density at radius 2 is 1.72 bits per heavy atom. The summed E-state index contributed by atoms with van der Waals surface area (Å²) in [6, 6.07) is 7.23. The summed E-state index contributed by atoms with van der Waals surface area (Å²) < 4.78 is 0. The quantitative estimate of drug-likeness (QED) is 0.793. The molecule has 0 radical (unpaired) electrons. The molecule has 0 saturated heterocycles. The van der Waals surface area contributed by atoms with E-state index < -0.39 is 0 Å². The first-order chi connectivity index (χ1) is 8.52. The van der Waals surface area contributed by atoms with Gasteiger partial charge in [-0.15, -0.1) is 0 Å². The molecule has 5 heteroatoms. The number of aryl methyl sites for hydroxylation is 2. The van der Waals surface area contributed by atoms with E-state index in [2.05, 4.69) is 16.0 Å². The largest absolute Gasteiger partial charge is 0.232 e. The molecule has 2 aromatic rings. The Labute approximate surface area is 115 Å². The maximum absolute atomic E-state index is 8.98. The van der Waals surface area contributed by atoms with Crippen LogP contribution in [0.3, 0.4) is 0 Å². The second-order valence-corrected chi connectivity index (χ2v) is 4.67. The number of nitriles is 1. The standard InChI is InChI=1S/C13H9Cl2N3/c1-7-11(6-16)8(2)18-13(17-7)10-4-3-9(14)5-12(10)15/h3-5H,1-2H3. The second kappa shape index (κ2) is 4.93. The van der Waals surface area contributed by atoms with Crippen molar-refractivity contribution in [2.45, 2.75) is 13.8 Å². The Morgan fingerprint density at radius 3 is 2.22 bits per heavy atom. The number of aromatic nitrogens is 2. The van der Waals surface area contributed by atoms with E-state index >= 15 is 0 Å². The lowest BCUT2D eigenvalue weighted by atomic mass is 10.1. The molecule has 0 aliphatic rings. The van der Waals surface area contributed by atoms with Gasteiger partial charge in [-0.25, -0.2) is 9.97 Å². The molecule has 0 aliphatic carbocycles. The van der Waals surface area contributed by atoms with Crippen molar-refractivity contribution in [2.24, 2.45) is 0 Å². The van der Waals surface area contributed by atoms with Gasteiger partial charge in [-0.05, 0) is 32.0 Å². The highest BCUT2D eigenvalue weighted by Gasteiger charge is 2.12. The van der Waals surface area contributed by atoms with E-state index in [9.17, 15) is 0 Å². The SMILES string of the molecule is Cc1nc(-c2ccc(Cl)cc2Cl)nc(C)c1C#N. The lowest BCUT2D eigenvalue weighted by molar-refractivity contribution is 1.05. The van der Waals surface area contributed by atoms with Crippen molar-refractivity contribution in [1.29, 1.82) is 5.26 Å².